The van der Waals surface area contributed by atoms with E-state index in [9.17, 15) is 23.2 Å². The molecule has 13 heteroatoms. The average molecular weight is 572 g/mol. The topological polar surface area (TPSA) is 124 Å². The van der Waals surface area contributed by atoms with Crippen molar-refractivity contribution in [3.63, 3.8) is 0 Å². The van der Waals surface area contributed by atoms with Crippen LogP contribution in [0.2, 0.25) is 5.02 Å². The SMILES string of the molecule is CC(C)(C)OC(=O)On1nc(NC(=O)c2cccc(Cl)c2)c2cc(NC(=O)NCc3cc(F)ccc3F)ccc21. The number of hydrogen-bond donors (Lipinski definition) is 3. The lowest BCUT2D eigenvalue weighted by Gasteiger charge is -2.18. The first kappa shape index (κ1) is 28.3. The van der Waals surface area contributed by atoms with Crippen LogP contribution >= 0.6 is 11.6 Å². The molecule has 0 aliphatic heterocycles. The van der Waals surface area contributed by atoms with Crippen LogP contribution in [0.15, 0.2) is 60.7 Å². The molecule has 0 aliphatic carbocycles. The molecular weight excluding hydrogens is 548 g/mol. The summed E-state index contributed by atoms with van der Waals surface area (Å²) in [6.45, 7) is 4.73. The second-order valence-electron chi connectivity index (χ2n) is 9.52. The maximum Gasteiger partial charge on any atom is 0.535 e. The number of carbonyl (C=O) groups is 3. The molecular formula is C27H24ClF2N5O5. The summed E-state index contributed by atoms with van der Waals surface area (Å²) in [4.78, 5) is 43.7. The molecule has 0 spiro atoms. The Morgan fingerprint density at radius 3 is 2.50 bits per heavy atom. The van der Waals surface area contributed by atoms with Gasteiger partial charge in [0, 0.05) is 28.4 Å². The number of aromatic nitrogens is 2. The molecule has 208 valence electrons. The third kappa shape index (κ3) is 7.23. The minimum Gasteiger partial charge on any atom is -0.427 e. The van der Waals surface area contributed by atoms with Crippen LogP contribution in [0.25, 0.3) is 10.9 Å². The number of nitrogens with one attached hydrogen (secondary N) is 3. The highest BCUT2D eigenvalue weighted by Gasteiger charge is 2.22. The van der Waals surface area contributed by atoms with E-state index in [2.05, 4.69) is 21.0 Å². The minimum atomic E-state index is -1.03. The van der Waals surface area contributed by atoms with E-state index in [0.717, 1.165) is 23.0 Å². The Morgan fingerprint density at radius 2 is 1.77 bits per heavy atom. The minimum absolute atomic E-state index is 0.00873. The van der Waals surface area contributed by atoms with Gasteiger partial charge in [0.15, 0.2) is 5.82 Å². The first-order chi connectivity index (χ1) is 18.9. The molecule has 10 nitrogen and oxygen atoms in total. The van der Waals surface area contributed by atoms with Crippen molar-refractivity contribution in [2.45, 2.75) is 32.9 Å². The number of rotatable bonds is 6. The van der Waals surface area contributed by atoms with Crippen LogP contribution in [-0.4, -0.2) is 33.6 Å². The van der Waals surface area contributed by atoms with Gasteiger partial charge in [-0.2, -0.15) is 0 Å². The Kier molecular flexibility index (Phi) is 8.19. The molecule has 4 aromatic rings. The van der Waals surface area contributed by atoms with Crippen molar-refractivity contribution in [2.75, 3.05) is 10.6 Å². The zero-order chi connectivity index (χ0) is 29.0. The second kappa shape index (κ2) is 11.6. The Hall–Kier alpha value is -4.71. The Bertz CT molecular complexity index is 1600. The normalized spacial score (nSPS) is 11.2. The summed E-state index contributed by atoms with van der Waals surface area (Å²) in [6.07, 6.45) is -1.03. The Balaban J connectivity index is 1.58. The average Bonchev–Trinajstić information content (AvgIpc) is 3.19. The smallest absolute Gasteiger partial charge is 0.427 e. The third-order valence-electron chi connectivity index (χ3n) is 5.22. The van der Waals surface area contributed by atoms with Crippen LogP contribution < -0.4 is 20.8 Å². The van der Waals surface area contributed by atoms with Crippen molar-refractivity contribution in [3.05, 3.63) is 88.4 Å². The van der Waals surface area contributed by atoms with Crippen LogP contribution in [0, 0.1) is 11.6 Å². The Labute approximate surface area is 232 Å². The molecule has 3 aromatic carbocycles. The number of nitrogens with zero attached hydrogens (tertiary/aromatic N) is 2. The maximum atomic E-state index is 13.9. The third-order valence-corrected chi connectivity index (χ3v) is 5.46. The van der Waals surface area contributed by atoms with Crippen LogP contribution in [0.5, 0.6) is 0 Å². The van der Waals surface area contributed by atoms with Gasteiger partial charge in [0.05, 0.1) is 5.39 Å². The van der Waals surface area contributed by atoms with Gasteiger partial charge in [0.25, 0.3) is 5.91 Å². The quantitative estimate of drug-likeness (QED) is 0.247. The molecule has 0 saturated carbocycles. The summed E-state index contributed by atoms with van der Waals surface area (Å²) in [5.74, 6) is -1.84. The van der Waals surface area contributed by atoms with Crippen LogP contribution in [-0.2, 0) is 11.3 Å². The van der Waals surface area contributed by atoms with Crippen LogP contribution in [0.1, 0.15) is 36.7 Å². The molecule has 0 bridgehead atoms. The summed E-state index contributed by atoms with van der Waals surface area (Å²) in [5, 5.41) is 12.5. The number of ether oxygens (including phenoxy) is 1. The number of anilines is 2. The van der Waals surface area contributed by atoms with Gasteiger partial charge in [-0.3, -0.25) is 9.63 Å². The van der Waals surface area contributed by atoms with Gasteiger partial charge < -0.3 is 20.7 Å². The molecule has 40 heavy (non-hydrogen) atoms. The van der Waals surface area contributed by atoms with Gasteiger partial charge >= 0.3 is 12.2 Å². The van der Waals surface area contributed by atoms with E-state index in [1.807, 2.05) is 0 Å². The summed E-state index contributed by atoms with van der Waals surface area (Å²) >= 11 is 5.99. The van der Waals surface area contributed by atoms with Gasteiger partial charge in [-0.25, -0.2) is 18.4 Å². The summed E-state index contributed by atoms with van der Waals surface area (Å²) in [5.41, 5.74) is -0.0822. The molecule has 3 N–H and O–H groups in total. The summed E-state index contributed by atoms with van der Waals surface area (Å²) < 4.78 is 32.5. The fraction of sp³-hybridized carbons (Fsp3) is 0.185. The number of fused-ring (bicyclic) bond motifs is 1. The number of hydrogen-bond acceptors (Lipinski definition) is 6. The summed E-state index contributed by atoms with van der Waals surface area (Å²) in [7, 11) is 0. The molecule has 1 heterocycles. The second-order valence-corrected chi connectivity index (χ2v) is 9.95. The first-order valence-electron chi connectivity index (χ1n) is 11.9. The monoisotopic (exact) mass is 571 g/mol. The summed E-state index contributed by atoms with van der Waals surface area (Å²) in [6, 6.07) is 12.9. The predicted octanol–water partition coefficient (Wildman–Crippen LogP) is 5.91. The highest BCUT2D eigenvalue weighted by molar-refractivity contribution is 6.31. The highest BCUT2D eigenvalue weighted by Crippen LogP contribution is 2.27. The number of halogens is 3. The zero-order valence-electron chi connectivity index (χ0n) is 21.6. The number of carbonyl (C=O) groups excluding carboxylic acids is 3. The van der Waals surface area contributed by atoms with Crippen molar-refractivity contribution in [2.24, 2.45) is 0 Å². The number of amides is 3. The van der Waals surface area contributed by atoms with E-state index in [0.29, 0.717) is 10.4 Å². The fourth-order valence-electron chi connectivity index (χ4n) is 3.51. The van der Waals surface area contributed by atoms with Crippen molar-refractivity contribution in [3.8, 4) is 0 Å². The van der Waals surface area contributed by atoms with E-state index in [4.69, 9.17) is 21.2 Å². The van der Waals surface area contributed by atoms with E-state index in [1.165, 1.54) is 24.3 Å². The number of urea groups is 1. The van der Waals surface area contributed by atoms with E-state index in [-0.39, 0.29) is 34.7 Å². The lowest BCUT2D eigenvalue weighted by atomic mass is 10.2. The molecule has 4 rings (SSSR count). The fourth-order valence-corrected chi connectivity index (χ4v) is 3.70. The van der Waals surface area contributed by atoms with Crippen LogP contribution in [0.4, 0.5) is 29.9 Å². The lowest BCUT2D eigenvalue weighted by molar-refractivity contribution is -0.0146. The van der Waals surface area contributed by atoms with Crippen molar-refractivity contribution < 1.29 is 32.7 Å². The molecule has 0 fully saturated rings. The standard InChI is InChI=1S/C27H24ClF2N5O5/c1-27(2,3)39-26(38)40-35-22-10-8-19(32-25(37)31-14-16-12-18(29)7-9-21(16)30)13-20(22)23(34-35)33-24(36)15-5-4-6-17(28)11-15/h4-13H,14H2,1-3H3,(H2,31,32,37)(H,33,34,36). The van der Waals surface area contributed by atoms with Crippen molar-refractivity contribution in [1.82, 2.24) is 15.3 Å². The molecule has 0 unspecified atom stereocenters. The van der Waals surface area contributed by atoms with Crippen LogP contribution in [0.3, 0.4) is 0 Å². The van der Waals surface area contributed by atoms with Crippen molar-refractivity contribution >= 4 is 52.1 Å². The van der Waals surface area contributed by atoms with E-state index >= 15 is 0 Å². The number of benzene rings is 3. The zero-order valence-corrected chi connectivity index (χ0v) is 22.3. The largest absolute Gasteiger partial charge is 0.535 e. The molecule has 1 aromatic heterocycles. The molecule has 0 aliphatic rings. The lowest BCUT2D eigenvalue weighted by Crippen LogP contribution is -2.30. The highest BCUT2D eigenvalue weighted by atomic mass is 35.5. The molecule has 0 saturated heterocycles. The molecule has 3 amide bonds. The van der Waals surface area contributed by atoms with Gasteiger partial charge in [-0.15, -0.1) is 5.10 Å². The maximum absolute atomic E-state index is 13.9. The van der Waals surface area contributed by atoms with Gasteiger partial charge in [0.2, 0.25) is 0 Å². The van der Waals surface area contributed by atoms with E-state index < -0.39 is 35.3 Å². The molecule has 0 radical (unpaired) electrons. The Morgan fingerprint density at radius 1 is 1.00 bits per heavy atom. The van der Waals surface area contributed by atoms with E-state index in [1.54, 1.807) is 39.0 Å². The van der Waals surface area contributed by atoms with Crippen molar-refractivity contribution in [1.29, 1.82) is 0 Å². The molecule has 0 atom stereocenters. The first-order valence-corrected chi connectivity index (χ1v) is 12.3. The predicted molar refractivity (Wildman–Crippen MR) is 144 cm³/mol. The van der Waals surface area contributed by atoms with Gasteiger partial charge in [-0.1, -0.05) is 22.5 Å². The van der Waals surface area contributed by atoms with Gasteiger partial charge in [0.1, 0.15) is 22.8 Å². The van der Waals surface area contributed by atoms with Gasteiger partial charge in [-0.05, 0) is 75.4 Å².